The SMILES string of the molecule is O=C1c2cccc(Cl)c2C(c2cccs2)(c2cccs2)c2cccc(Cl)c21. The second-order valence-electron chi connectivity index (χ2n) is 6.36. The van der Waals surface area contributed by atoms with Gasteiger partial charge in [-0.3, -0.25) is 4.79 Å². The molecule has 0 saturated carbocycles. The number of ketones is 1. The number of hydrogen-bond acceptors (Lipinski definition) is 3. The highest BCUT2D eigenvalue weighted by molar-refractivity contribution is 7.12. The van der Waals surface area contributed by atoms with Crippen molar-refractivity contribution in [1.29, 1.82) is 0 Å². The Bertz CT molecular complexity index is 1130. The van der Waals surface area contributed by atoms with Gasteiger partial charge >= 0.3 is 0 Å². The van der Waals surface area contributed by atoms with Crippen molar-refractivity contribution in [3.05, 3.63) is 113 Å². The van der Waals surface area contributed by atoms with E-state index in [0.717, 1.165) is 20.9 Å². The van der Waals surface area contributed by atoms with E-state index in [4.69, 9.17) is 23.2 Å². The van der Waals surface area contributed by atoms with Gasteiger partial charge in [0, 0.05) is 31.5 Å². The van der Waals surface area contributed by atoms with Gasteiger partial charge in [0.2, 0.25) is 0 Å². The quantitative estimate of drug-likeness (QED) is 0.295. The van der Waals surface area contributed by atoms with E-state index in [-0.39, 0.29) is 5.78 Å². The van der Waals surface area contributed by atoms with Crippen molar-refractivity contribution in [3.8, 4) is 0 Å². The zero-order valence-corrected chi connectivity index (χ0v) is 17.1. The summed E-state index contributed by atoms with van der Waals surface area (Å²) in [7, 11) is 0. The van der Waals surface area contributed by atoms with Crippen LogP contribution >= 0.6 is 45.9 Å². The molecule has 0 amide bonds. The number of benzene rings is 2. The van der Waals surface area contributed by atoms with E-state index in [1.54, 1.807) is 28.7 Å². The van der Waals surface area contributed by atoms with E-state index in [9.17, 15) is 4.79 Å². The lowest BCUT2D eigenvalue weighted by atomic mass is 9.64. The minimum atomic E-state index is -0.649. The number of halogens is 2. The lowest BCUT2D eigenvalue weighted by molar-refractivity contribution is 0.103. The summed E-state index contributed by atoms with van der Waals surface area (Å²) in [6, 6.07) is 19.5. The van der Waals surface area contributed by atoms with E-state index in [2.05, 4.69) is 22.9 Å². The molecule has 0 N–H and O–H groups in total. The fourth-order valence-electron chi connectivity index (χ4n) is 4.05. The van der Waals surface area contributed by atoms with Crippen molar-refractivity contribution in [2.75, 3.05) is 0 Å². The van der Waals surface area contributed by atoms with E-state index in [0.29, 0.717) is 21.2 Å². The molecule has 0 aliphatic heterocycles. The van der Waals surface area contributed by atoms with Gasteiger partial charge in [-0.2, -0.15) is 0 Å². The minimum Gasteiger partial charge on any atom is -0.289 e. The van der Waals surface area contributed by atoms with Crippen LogP contribution in [0.5, 0.6) is 0 Å². The Balaban J connectivity index is 2.05. The Morgan fingerprint density at radius 2 is 1.37 bits per heavy atom. The van der Waals surface area contributed by atoms with Crippen LogP contribution in [0.4, 0.5) is 0 Å². The zero-order valence-electron chi connectivity index (χ0n) is 13.9. The molecule has 0 saturated heterocycles. The van der Waals surface area contributed by atoms with Gasteiger partial charge in [-0.05, 0) is 40.6 Å². The highest BCUT2D eigenvalue weighted by Gasteiger charge is 2.49. The van der Waals surface area contributed by atoms with Crippen LogP contribution in [0.2, 0.25) is 10.0 Å². The van der Waals surface area contributed by atoms with E-state index in [1.165, 1.54) is 0 Å². The molecule has 0 bridgehead atoms. The van der Waals surface area contributed by atoms with Crippen molar-refractivity contribution < 1.29 is 4.79 Å². The molecular formula is C22H12Cl2OS2. The summed E-state index contributed by atoms with van der Waals surface area (Å²) in [5, 5.41) is 5.18. The van der Waals surface area contributed by atoms with Gasteiger partial charge in [-0.1, -0.05) is 59.6 Å². The molecule has 5 rings (SSSR count). The number of hydrogen-bond donors (Lipinski definition) is 0. The Morgan fingerprint density at radius 1 is 0.741 bits per heavy atom. The summed E-state index contributed by atoms with van der Waals surface area (Å²) in [6.07, 6.45) is 0. The number of rotatable bonds is 2. The van der Waals surface area contributed by atoms with Gasteiger partial charge in [-0.25, -0.2) is 0 Å². The largest absolute Gasteiger partial charge is 0.289 e. The molecule has 132 valence electrons. The Labute approximate surface area is 174 Å². The molecule has 0 atom stereocenters. The summed E-state index contributed by atoms with van der Waals surface area (Å²) in [5.41, 5.74) is 2.27. The van der Waals surface area contributed by atoms with Crippen LogP contribution in [0.3, 0.4) is 0 Å². The van der Waals surface area contributed by atoms with Crippen LogP contribution in [-0.4, -0.2) is 5.78 Å². The van der Waals surface area contributed by atoms with Gasteiger partial charge in [0.05, 0.1) is 10.4 Å². The Kier molecular flexibility index (Phi) is 4.03. The van der Waals surface area contributed by atoms with Crippen molar-refractivity contribution >= 4 is 51.7 Å². The second-order valence-corrected chi connectivity index (χ2v) is 9.07. The second kappa shape index (κ2) is 6.32. The highest BCUT2D eigenvalue weighted by atomic mass is 35.5. The number of fused-ring (bicyclic) bond motifs is 2. The molecule has 0 unspecified atom stereocenters. The molecule has 27 heavy (non-hydrogen) atoms. The van der Waals surface area contributed by atoms with Crippen LogP contribution in [0, 0.1) is 0 Å². The third kappa shape index (κ3) is 2.26. The first-order chi connectivity index (χ1) is 13.2. The first kappa shape index (κ1) is 17.2. The normalized spacial score (nSPS) is 14.7. The summed E-state index contributed by atoms with van der Waals surface area (Å²) in [4.78, 5) is 15.6. The number of carbonyl (C=O) groups is 1. The summed E-state index contributed by atoms with van der Waals surface area (Å²) < 4.78 is 0. The third-order valence-corrected chi connectivity index (χ3v) is 7.67. The molecule has 1 nitrogen and oxygen atoms in total. The van der Waals surface area contributed by atoms with Gasteiger partial charge in [0.25, 0.3) is 0 Å². The molecule has 5 heteroatoms. The van der Waals surface area contributed by atoms with E-state index >= 15 is 0 Å². The predicted molar refractivity (Wildman–Crippen MR) is 114 cm³/mol. The van der Waals surface area contributed by atoms with E-state index in [1.807, 2.05) is 42.5 Å². The van der Waals surface area contributed by atoms with Crippen LogP contribution in [0.15, 0.2) is 71.4 Å². The fourth-order valence-corrected chi connectivity index (χ4v) is 6.61. The molecule has 1 aliphatic rings. The zero-order chi connectivity index (χ0) is 18.6. The Hall–Kier alpha value is -1.91. The molecule has 2 aromatic carbocycles. The average Bonchev–Trinajstić information content (AvgIpc) is 3.37. The van der Waals surface area contributed by atoms with Gasteiger partial charge < -0.3 is 0 Å². The first-order valence-corrected chi connectivity index (χ1v) is 10.9. The number of carbonyl (C=O) groups excluding carboxylic acids is 1. The van der Waals surface area contributed by atoms with Gasteiger partial charge in [0.1, 0.15) is 0 Å². The number of thiophene rings is 2. The smallest absolute Gasteiger partial charge is 0.195 e. The molecule has 1 aliphatic carbocycles. The van der Waals surface area contributed by atoms with Crippen molar-refractivity contribution in [2.24, 2.45) is 0 Å². The Morgan fingerprint density at radius 3 is 2.00 bits per heavy atom. The van der Waals surface area contributed by atoms with Crippen LogP contribution in [-0.2, 0) is 5.41 Å². The van der Waals surface area contributed by atoms with E-state index < -0.39 is 5.41 Å². The molecular weight excluding hydrogens is 415 g/mol. The molecule has 2 aromatic heterocycles. The van der Waals surface area contributed by atoms with Crippen molar-refractivity contribution in [1.82, 2.24) is 0 Å². The summed E-state index contributed by atoms with van der Waals surface area (Å²) in [5.74, 6) is -0.0724. The molecule has 0 spiro atoms. The van der Waals surface area contributed by atoms with Gasteiger partial charge in [-0.15, -0.1) is 22.7 Å². The minimum absolute atomic E-state index is 0.0724. The lowest BCUT2D eigenvalue weighted by Crippen LogP contribution is -2.37. The average molecular weight is 427 g/mol. The standard InChI is InChI=1S/C22H12Cl2OS2/c23-15-7-2-6-14-19(15)21(25)13-5-1-8-16(24)20(13)22(14,17-9-3-11-26-17)18-10-4-12-27-18/h1-12H. The van der Waals surface area contributed by atoms with Gasteiger partial charge in [0.15, 0.2) is 5.78 Å². The third-order valence-electron chi connectivity index (χ3n) is 5.06. The van der Waals surface area contributed by atoms with Crippen LogP contribution in [0.1, 0.15) is 36.8 Å². The topological polar surface area (TPSA) is 17.1 Å². The molecule has 2 heterocycles. The molecule has 0 radical (unpaired) electrons. The predicted octanol–water partition coefficient (Wildman–Crippen LogP) is 7.04. The molecule has 4 aromatic rings. The molecule has 0 fully saturated rings. The maximum absolute atomic E-state index is 13.4. The highest BCUT2D eigenvalue weighted by Crippen LogP contribution is 2.55. The summed E-state index contributed by atoms with van der Waals surface area (Å²) in [6.45, 7) is 0. The van der Waals surface area contributed by atoms with Crippen molar-refractivity contribution in [3.63, 3.8) is 0 Å². The fraction of sp³-hybridized carbons (Fsp3) is 0.0455. The maximum Gasteiger partial charge on any atom is 0.195 e. The summed E-state index contributed by atoms with van der Waals surface area (Å²) >= 11 is 16.6. The monoisotopic (exact) mass is 426 g/mol. The van der Waals surface area contributed by atoms with Crippen LogP contribution < -0.4 is 0 Å². The lowest BCUT2D eigenvalue weighted by Gasteiger charge is -2.40. The maximum atomic E-state index is 13.4. The van der Waals surface area contributed by atoms with Crippen molar-refractivity contribution in [2.45, 2.75) is 5.41 Å². The first-order valence-electron chi connectivity index (χ1n) is 8.36. The van der Waals surface area contributed by atoms with Crippen LogP contribution in [0.25, 0.3) is 0 Å².